The number of fused-ring (bicyclic) bond motifs is 1. The zero-order valence-electron chi connectivity index (χ0n) is 16.4. The number of para-hydroxylation sites is 1. The molecule has 0 aliphatic carbocycles. The van der Waals surface area contributed by atoms with Crippen LogP contribution in [0.1, 0.15) is 29.0 Å². The van der Waals surface area contributed by atoms with E-state index in [2.05, 4.69) is 5.32 Å². The van der Waals surface area contributed by atoms with Gasteiger partial charge >= 0.3 is 0 Å². The van der Waals surface area contributed by atoms with E-state index in [1.165, 1.54) is 12.1 Å². The number of amides is 2. The van der Waals surface area contributed by atoms with Crippen LogP contribution in [0.3, 0.4) is 0 Å². The van der Waals surface area contributed by atoms with Crippen LogP contribution >= 0.6 is 11.6 Å². The van der Waals surface area contributed by atoms with Gasteiger partial charge in [0.05, 0.1) is 6.42 Å². The summed E-state index contributed by atoms with van der Waals surface area (Å²) in [6, 6.07) is 13.7. The second-order valence-electron chi connectivity index (χ2n) is 7.57. The van der Waals surface area contributed by atoms with Gasteiger partial charge in [-0.15, -0.1) is 0 Å². The summed E-state index contributed by atoms with van der Waals surface area (Å²) in [6.45, 7) is 1.71. The van der Waals surface area contributed by atoms with Crippen LogP contribution in [0, 0.1) is 11.7 Å². The topological polar surface area (TPSA) is 62.6 Å². The van der Waals surface area contributed by atoms with E-state index in [1.807, 2.05) is 24.3 Å². The summed E-state index contributed by atoms with van der Waals surface area (Å²) in [4.78, 5) is 26.7. The highest BCUT2D eigenvalue weighted by Gasteiger charge is 2.26. The van der Waals surface area contributed by atoms with Crippen LogP contribution in [-0.4, -0.2) is 36.3 Å². The highest BCUT2D eigenvalue weighted by Crippen LogP contribution is 2.23. The molecule has 1 aromatic heterocycles. The van der Waals surface area contributed by atoms with E-state index in [0.29, 0.717) is 31.0 Å². The zero-order valence-corrected chi connectivity index (χ0v) is 17.1. The fourth-order valence-electron chi connectivity index (χ4n) is 3.77. The van der Waals surface area contributed by atoms with Gasteiger partial charge < -0.3 is 14.6 Å². The Bertz CT molecular complexity index is 1020. The van der Waals surface area contributed by atoms with Gasteiger partial charge in [-0.2, -0.15) is 0 Å². The van der Waals surface area contributed by atoms with Crippen LogP contribution in [0.5, 0.6) is 0 Å². The van der Waals surface area contributed by atoms with E-state index < -0.39 is 5.82 Å². The Hall–Kier alpha value is -2.86. The van der Waals surface area contributed by atoms with Crippen LogP contribution in [0.4, 0.5) is 4.39 Å². The van der Waals surface area contributed by atoms with Crippen molar-refractivity contribution in [3.63, 3.8) is 0 Å². The minimum atomic E-state index is -0.477. The molecule has 3 aromatic rings. The number of furan rings is 1. The maximum atomic E-state index is 13.8. The number of nitrogens with one attached hydrogen (secondary N) is 1. The Kier molecular flexibility index (Phi) is 6.04. The van der Waals surface area contributed by atoms with Gasteiger partial charge in [-0.25, -0.2) is 4.39 Å². The Morgan fingerprint density at radius 2 is 1.90 bits per heavy atom. The molecule has 0 saturated carbocycles. The van der Waals surface area contributed by atoms with Gasteiger partial charge in [0.15, 0.2) is 5.76 Å². The lowest BCUT2D eigenvalue weighted by Gasteiger charge is -2.31. The first kappa shape index (κ1) is 20.4. The zero-order chi connectivity index (χ0) is 21.1. The minimum Gasteiger partial charge on any atom is -0.451 e. The number of piperidine rings is 1. The standard InChI is InChI=1S/C23H22ClFN2O3/c24-18-5-3-6-19(25)17(18)13-22(28)26-14-15-8-10-27(11-9-15)23(29)21-12-16-4-1-2-7-20(16)30-21/h1-7,12,15H,8-11,13-14H2,(H,26,28). The van der Waals surface area contributed by atoms with E-state index in [1.54, 1.807) is 17.0 Å². The lowest BCUT2D eigenvalue weighted by atomic mass is 9.96. The quantitative estimate of drug-likeness (QED) is 0.653. The number of carbonyl (C=O) groups is 2. The molecule has 4 rings (SSSR count). The Morgan fingerprint density at radius 3 is 2.63 bits per heavy atom. The second kappa shape index (κ2) is 8.88. The number of hydrogen-bond acceptors (Lipinski definition) is 3. The van der Waals surface area contributed by atoms with E-state index in [4.69, 9.17) is 16.0 Å². The maximum absolute atomic E-state index is 13.8. The average molecular weight is 429 g/mol. The van der Waals surface area contributed by atoms with Crippen LogP contribution in [0.25, 0.3) is 11.0 Å². The molecule has 1 fully saturated rings. The van der Waals surface area contributed by atoms with Gasteiger partial charge in [0.1, 0.15) is 11.4 Å². The first-order valence-corrected chi connectivity index (χ1v) is 10.4. The highest BCUT2D eigenvalue weighted by atomic mass is 35.5. The predicted molar refractivity (Wildman–Crippen MR) is 113 cm³/mol. The molecule has 1 N–H and O–H groups in total. The third-order valence-corrected chi connectivity index (χ3v) is 5.88. The third kappa shape index (κ3) is 4.49. The third-order valence-electron chi connectivity index (χ3n) is 5.52. The molecule has 2 amide bonds. The van der Waals surface area contributed by atoms with E-state index in [9.17, 15) is 14.0 Å². The molecule has 2 aromatic carbocycles. The van der Waals surface area contributed by atoms with Crippen LogP contribution in [0.2, 0.25) is 5.02 Å². The molecule has 0 radical (unpaired) electrons. The number of hydrogen-bond donors (Lipinski definition) is 1. The number of benzene rings is 2. The predicted octanol–water partition coefficient (Wildman–Crippen LogP) is 4.44. The van der Waals surface area contributed by atoms with Gasteiger partial charge in [0, 0.05) is 35.6 Å². The molecule has 1 saturated heterocycles. The molecule has 7 heteroatoms. The highest BCUT2D eigenvalue weighted by molar-refractivity contribution is 6.31. The minimum absolute atomic E-state index is 0.0884. The number of carbonyl (C=O) groups excluding carboxylic acids is 2. The van der Waals surface area contributed by atoms with Crippen LogP contribution in [0.15, 0.2) is 52.9 Å². The molecule has 0 unspecified atom stereocenters. The Labute approximate surface area is 178 Å². The lowest BCUT2D eigenvalue weighted by Crippen LogP contribution is -2.41. The second-order valence-corrected chi connectivity index (χ2v) is 7.97. The van der Waals surface area contributed by atoms with Crippen LogP contribution in [-0.2, 0) is 11.2 Å². The Morgan fingerprint density at radius 1 is 1.13 bits per heavy atom. The number of rotatable bonds is 5. The summed E-state index contributed by atoms with van der Waals surface area (Å²) in [5.41, 5.74) is 0.913. The fraction of sp³-hybridized carbons (Fsp3) is 0.304. The molecule has 2 heterocycles. The number of nitrogens with zero attached hydrogens (tertiary/aromatic N) is 1. The molecular formula is C23H22ClFN2O3. The normalized spacial score (nSPS) is 14.8. The summed E-state index contributed by atoms with van der Waals surface area (Å²) < 4.78 is 19.5. The fourth-order valence-corrected chi connectivity index (χ4v) is 4.00. The average Bonchev–Trinajstić information content (AvgIpc) is 3.19. The monoisotopic (exact) mass is 428 g/mol. The van der Waals surface area contributed by atoms with E-state index in [0.717, 1.165) is 18.2 Å². The van der Waals surface area contributed by atoms with Crippen molar-refractivity contribution in [1.29, 1.82) is 0 Å². The first-order valence-electron chi connectivity index (χ1n) is 9.98. The first-order chi connectivity index (χ1) is 14.5. The summed E-state index contributed by atoms with van der Waals surface area (Å²) in [5, 5.41) is 4.03. The molecule has 1 aliphatic heterocycles. The van der Waals surface area contributed by atoms with Crippen molar-refractivity contribution in [3.8, 4) is 0 Å². The molecule has 5 nitrogen and oxygen atoms in total. The van der Waals surface area contributed by atoms with Crippen LogP contribution < -0.4 is 5.32 Å². The lowest BCUT2D eigenvalue weighted by molar-refractivity contribution is -0.120. The van der Waals surface area contributed by atoms with Crippen molar-refractivity contribution in [2.45, 2.75) is 19.3 Å². The van der Waals surface area contributed by atoms with Gasteiger partial charge in [-0.3, -0.25) is 9.59 Å². The summed E-state index contributed by atoms with van der Waals surface area (Å²) in [5.74, 6) is -0.227. The largest absolute Gasteiger partial charge is 0.451 e. The van der Waals surface area contributed by atoms with Crippen molar-refractivity contribution < 1.29 is 18.4 Å². The van der Waals surface area contributed by atoms with Gasteiger partial charge in [-0.1, -0.05) is 35.9 Å². The van der Waals surface area contributed by atoms with E-state index >= 15 is 0 Å². The van der Waals surface area contributed by atoms with E-state index in [-0.39, 0.29) is 34.7 Å². The number of halogens is 2. The SMILES string of the molecule is O=C(Cc1c(F)cccc1Cl)NCC1CCN(C(=O)c2cc3ccccc3o2)CC1. The van der Waals surface area contributed by atoms with Crippen molar-refractivity contribution in [2.24, 2.45) is 5.92 Å². The van der Waals surface area contributed by atoms with Crippen molar-refractivity contribution in [2.75, 3.05) is 19.6 Å². The molecule has 156 valence electrons. The van der Waals surface area contributed by atoms with Gasteiger partial charge in [0.25, 0.3) is 5.91 Å². The van der Waals surface area contributed by atoms with Crippen molar-refractivity contribution in [3.05, 3.63) is 70.7 Å². The summed E-state index contributed by atoms with van der Waals surface area (Å²) >= 11 is 5.98. The van der Waals surface area contributed by atoms with Crippen molar-refractivity contribution >= 4 is 34.4 Å². The molecular weight excluding hydrogens is 407 g/mol. The molecule has 0 spiro atoms. The number of likely N-dealkylation sites (tertiary alicyclic amines) is 1. The maximum Gasteiger partial charge on any atom is 0.289 e. The molecule has 0 atom stereocenters. The summed E-state index contributed by atoms with van der Waals surface area (Å²) in [6.07, 6.45) is 1.48. The summed E-state index contributed by atoms with van der Waals surface area (Å²) in [7, 11) is 0. The smallest absolute Gasteiger partial charge is 0.289 e. The van der Waals surface area contributed by atoms with Crippen molar-refractivity contribution in [1.82, 2.24) is 10.2 Å². The van der Waals surface area contributed by atoms with Gasteiger partial charge in [0.2, 0.25) is 5.91 Å². The molecule has 1 aliphatic rings. The molecule has 30 heavy (non-hydrogen) atoms. The molecule has 0 bridgehead atoms. The van der Waals surface area contributed by atoms with Gasteiger partial charge in [-0.05, 0) is 43.0 Å². The Balaban J connectivity index is 1.26.